The molecule has 0 aliphatic carbocycles. The number of hydrogen-bond acceptors (Lipinski definition) is 4. The minimum absolute atomic E-state index is 0.0866. The Labute approximate surface area is 134 Å². The van der Waals surface area contributed by atoms with Crippen LogP contribution in [-0.4, -0.2) is 58.2 Å². The van der Waals surface area contributed by atoms with E-state index in [1.54, 1.807) is 12.3 Å². The molecular formula is C16H20N6O. The fourth-order valence-corrected chi connectivity index (χ4v) is 2.36. The van der Waals surface area contributed by atoms with E-state index in [1.807, 2.05) is 38.1 Å². The quantitative estimate of drug-likeness (QED) is 0.667. The number of imidazole rings is 1. The highest BCUT2D eigenvalue weighted by molar-refractivity contribution is 6.00. The van der Waals surface area contributed by atoms with Crippen molar-refractivity contribution in [1.29, 1.82) is 0 Å². The van der Waals surface area contributed by atoms with Crippen LogP contribution in [0.4, 0.5) is 0 Å². The summed E-state index contributed by atoms with van der Waals surface area (Å²) in [7, 11) is 3.95. The molecule has 0 spiro atoms. The molecule has 0 unspecified atom stereocenters. The maximum absolute atomic E-state index is 12.3. The standard InChI is InChI=1S/C16H20N6O/c1-10-9-18-15(19-10)14-12-8-11(4-5-13(12)20-21-14)16(23)17-6-7-22(2)3/h4-5,8-9H,6-7H2,1-3H3,(H,17,23)(H,18,19)(H,20,21). The molecule has 3 aromatic rings. The van der Waals surface area contributed by atoms with Gasteiger partial charge in [0.2, 0.25) is 0 Å². The highest BCUT2D eigenvalue weighted by atomic mass is 16.1. The molecule has 0 aliphatic rings. The topological polar surface area (TPSA) is 89.7 Å². The molecule has 0 radical (unpaired) electrons. The third-order valence-electron chi connectivity index (χ3n) is 3.60. The number of fused-ring (bicyclic) bond motifs is 1. The third kappa shape index (κ3) is 3.24. The number of likely N-dealkylation sites (N-methyl/N-ethyl adjacent to an activating group) is 1. The van der Waals surface area contributed by atoms with Gasteiger partial charge in [-0.15, -0.1) is 0 Å². The van der Waals surface area contributed by atoms with Gasteiger partial charge in [-0.1, -0.05) is 0 Å². The Morgan fingerprint density at radius 2 is 2.17 bits per heavy atom. The zero-order valence-electron chi connectivity index (χ0n) is 13.5. The van der Waals surface area contributed by atoms with E-state index in [1.165, 1.54) is 0 Å². The van der Waals surface area contributed by atoms with Gasteiger partial charge in [0, 0.05) is 35.9 Å². The second-order valence-electron chi connectivity index (χ2n) is 5.81. The molecule has 7 nitrogen and oxygen atoms in total. The van der Waals surface area contributed by atoms with Gasteiger partial charge in [-0.05, 0) is 39.2 Å². The van der Waals surface area contributed by atoms with Gasteiger partial charge in [0.25, 0.3) is 5.91 Å². The van der Waals surface area contributed by atoms with Crippen LogP contribution >= 0.6 is 0 Å². The maximum atomic E-state index is 12.3. The van der Waals surface area contributed by atoms with Crippen LogP contribution in [0.2, 0.25) is 0 Å². The summed E-state index contributed by atoms with van der Waals surface area (Å²) in [5.41, 5.74) is 3.17. The number of nitrogens with zero attached hydrogens (tertiary/aromatic N) is 3. The lowest BCUT2D eigenvalue weighted by molar-refractivity contribution is 0.0951. The molecule has 7 heteroatoms. The summed E-state index contributed by atoms with van der Waals surface area (Å²) in [5.74, 6) is 0.607. The predicted molar refractivity (Wildman–Crippen MR) is 89.3 cm³/mol. The van der Waals surface area contributed by atoms with Gasteiger partial charge >= 0.3 is 0 Å². The largest absolute Gasteiger partial charge is 0.351 e. The zero-order chi connectivity index (χ0) is 16.4. The molecule has 2 heterocycles. The SMILES string of the molecule is Cc1cnc(-c2n[nH]c3ccc(C(=O)NCCN(C)C)cc23)[nH]1. The first-order valence-electron chi connectivity index (χ1n) is 7.47. The smallest absolute Gasteiger partial charge is 0.251 e. The van der Waals surface area contributed by atoms with Crippen molar-refractivity contribution in [2.75, 3.05) is 27.2 Å². The first-order valence-corrected chi connectivity index (χ1v) is 7.47. The van der Waals surface area contributed by atoms with Crippen LogP contribution in [0.25, 0.3) is 22.4 Å². The van der Waals surface area contributed by atoms with E-state index in [0.29, 0.717) is 17.9 Å². The first kappa shape index (κ1) is 15.2. The normalized spacial score (nSPS) is 11.3. The molecule has 0 atom stereocenters. The Morgan fingerprint density at radius 3 is 2.87 bits per heavy atom. The van der Waals surface area contributed by atoms with Crippen LogP contribution in [0.5, 0.6) is 0 Å². The van der Waals surface area contributed by atoms with Gasteiger partial charge in [-0.25, -0.2) is 4.98 Å². The van der Waals surface area contributed by atoms with E-state index in [-0.39, 0.29) is 5.91 Å². The van der Waals surface area contributed by atoms with E-state index < -0.39 is 0 Å². The molecule has 1 amide bonds. The Morgan fingerprint density at radius 1 is 1.35 bits per heavy atom. The van der Waals surface area contributed by atoms with Crippen molar-refractivity contribution in [2.45, 2.75) is 6.92 Å². The number of aromatic nitrogens is 4. The van der Waals surface area contributed by atoms with Gasteiger partial charge in [-0.2, -0.15) is 5.10 Å². The number of H-pyrrole nitrogens is 2. The average molecular weight is 312 g/mol. The molecule has 3 N–H and O–H groups in total. The number of hydrogen-bond donors (Lipinski definition) is 3. The number of aromatic amines is 2. The summed E-state index contributed by atoms with van der Waals surface area (Å²) in [6.07, 6.45) is 1.76. The van der Waals surface area contributed by atoms with Crippen molar-refractivity contribution in [3.8, 4) is 11.5 Å². The van der Waals surface area contributed by atoms with Crippen molar-refractivity contribution in [1.82, 2.24) is 30.4 Å². The Balaban J connectivity index is 1.87. The molecule has 0 saturated heterocycles. The minimum atomic E-state index is -0.0866. The van der Waals surface area contributed by atoms with Crippen LogP contribution in [-0.2, 0) is 0 Å². The molecule has 2 aromatic heterocycles. The number of amides is 1. The number of carbonyl (C=O) groups is 1. The van der Waals surface area contributed by atoms with E-state index in [2.05, 4.69) is 25.5 Å². The summed E-state index contributed by atoms with van der Waals surface area (Å²) < 4.78 is 0. The van der Waals surface area contributed by atoms with Crippen molar-refractivity contribution in [3.63, 3.8) is 0 Å². The molecule has 0 fully saturated rings. The summed E-state index contributed by atoms with van der Waals surface area (Å²) in [6, 6.07) is 5.50. The van der Waals surface area contributed by atoms with Gasteiger partial charge in [0.05, 0.1) is 5.52 Å². The summed E-state index contributed by atoms with van der Waals surface area (Å²) in [6.45, 7) is 3.35. The van der Waals surface area contributed by atoms with E-state index in [4.69, 9.17) is 0 Å². The second-order valence-corrected chi connectivity index (χ2v) is 5.81. The molecule has 0 bridgehead atoms. The van der Waals surface area contributed by atoms with E-state index in [9.17, 15) is 4.79 Å². The fourth-order valence-electron chi connectivity index (χ4n) is 2.36. The number of carbonyl (C=O) groups excluding carboxylic acids is 1. The number of aryl methyl sites for hydroxylation is 1. The second kappa shape index (κ2) is 6.21. The molecule has 1 aromatic carbocycles. The van der Waals surface area contributed by atoms with Gasteiger partial charge in [0.1, 0.15) is 5.69 Å². The van der Waals surface area contributed by atoms with Gasteiger partial charge in [0.15, 0.2) is 5.82 Å². The monoisotopic (exact) mass is 312 g/mol. The number of nitrogens with one attached hydrogen (secondary N) is 3. The summed E-state index contributed by atoms with van der Waals surface area (Å²) in [5, 5.41) is 11.1. The van der Waals surface area contributed by atoms with E-state index in [0.717, 1.165) is 28.8 Å². The van der Waals surface area contributed by atoms with Crippen molar-refractivity contribution in [2.24, 2.45) is 0 Å². The molecule has 120 valence electrons. The molecule has 0 aliphatic heterocycles. The molecular weight excluding hydrogens is 292 g/mol. The van der Waals surface area contributed by atoms with Gasteiger partial charge < -0.3 is 15.2 Å². The summed E-state index contributed by atoms with van der Waals surface area (Å²) >= 11 is 0. The molecule has 3 rings (SSSR count). The van der Waals surface area contributed by atoms with Crippen LogP contribution in [0, 0.1) is 6.92 Å². The minimum Gasteiger partial charge on any atom is -0.351 e. The van der Waals surface area contributed by atoms with Crippen LogP contribution in [0.1, 0.15) is 16.1 Å². The third-order valence-corrected chi connectivity index (χ3v) is 3.60. The highest BCUT2D eigenvalue weighted by Crippen LogP contribution is 2.25. The summed E-state index contributed by atoms with van der Waals surface area (Å²) in [4.78, 5) is 21.8. The molecule has 23 heavy (non-hydrogen) atoms. The first-order chi connectivity index (χ1) is 11.0. The lowest BCUT2D eigenvalue weighted by atomic mass is 10.1. The highest BCUT2D eigenvalue weighted by Gasteiger charge is 2.13. The number of rotatable bonds is 5. The van der Waals surface area contributed by atoms with Crippen LogP contribution in [0.15, 0.2) is 24.4 Å². The predicted octanol–water partition coefficient (Wildman–Crippen LogP) is 1.55. The zero-order valence-corrected chi connectivity index (χ0v) is 13.5. The Bertz CT molecular complexity index is 832. The van der Waals surface area contributed by atoms with Crippen molar-refractivity contribution >= 4 is 16.8 Å². The Hall–Kier alpha value is -2.67. The Kier molecular flexibility index (Phi) is 4.12. The maximum Gasteiger partial charge on any atom is 0.251 e. The lowest BCUT2D eigenvalue weighted by Crippen LogP contribution is -2.31. The van der Waals surface area contributed by atoms with Crippen LogP contribution < -0.4 is 5.32 Å². The number of benzene rings is 1. The fraction of sp³-hybridized carbons (Fsp3) is 0.312. The molecule has 0 saturated carbocycles. The van der Waals surface area contributed by atoms with Crippen molar-refractivity contribution < 1.29 is 4.79 Å². The van der Waals surface area contributed by atoms with Crippen LogP contribution in [0.3, 0.4) is 0 Å². The van der Waals surface area contributed by atoms with Crippen molar-refractivity contribution in [3.05, 3.63) is 35.7 Å². The van der Waals surface area contributed by atoms with Gasteiger partial charge in [-0.3, -0.25) is 9.89 Å². The lowest BCUT2D eigenvalue weighted by Gasteiger charge is -2.10. The van der Waals surface area contributed by atoms with E-state index >= 15 is 0 Å². The average Bonchev–Trinajstić information content (AvgIpc) is 3.11.